The van der Waals surface area contributed by atoms with E-state index in [1.807, 2.05) is 30.9 Å². The molecule has 0 atom stereocenters. The van der Waals surface area contributed by atoms with Crippen LogP contribution < -0.4 is 4.90 Å². The molecule has 4 rings (SSSR count). The summed E-state index contributed by atoms with van der Waals surface area (Å²) in [5.74, 6) is -0.384. The monoisotopic (exact) mass is 443 g/mol. The molecule has 1 aliphatic rings. The number of hydrogen-bond donors (Lipinski definition) is 0. The third kappa shape index (κ3) is 4.48. The Hall–Kier alpha value is -4.00. The maximum absolute atomic E-state index is 13.3. The number of rotatable bonds is 5. The summed E-state index contributed by atoms with van der Waals surface area (Å²) < 4.78 is 0. The van der Waals surface area contributed by atoms with Crippen LogP contribution in [0.2, 0.25) is 0 Å². The molecule has 1 saturated heterocycles. The highest BCUT2D eigenvalue weighted by molar-refractivity contribution is 6.15. The van der Waals surface area contributed by atoms with Gasteiger partial charge >= 0.3 is 0 Å². The van der Waals surface area contributed by atoms with E-state index >= 15 is 0 Å². The van der Waals surface area contributed by atoms with E-state index in [0.29, 0.717) is 48.6 Å². The third-order valence-corrected chi connectivity index (χ3v) is 6.16. The third-order valence-electron chi connectivity index (χ3n) is 6.16. The molecular weight excluding hydrogens is 418 g/mol. The van der Waals surface area contributed by atoms with Gasteiger partial charge in [-0.2, -0.15) is 0 Å². The van der Waals surface area contributed by atoms with Crippen LogP contribution in [-0.4, -0.2) is 47.7 Å². The number of para-hydroxylation sites is 2. The van der Waals surface area contributed by atoms with Crippen LogP contribution in [0.5, 0.6) is 0 Å². The number of carbonyl (C=O) groups excluding carboxylic acids is 2. The Morgan fingerprint density at radius 1 is 0.818 bits per heavy atom. The summed E-state index contributed by atoms with van der Waals surface area (Å²) in [5.41, 5.74) is 4.05. The number of aryl methyl sites for hydroxylation is 2. The molecule has 0 aliphatic carbocycles. The van der Waals surface area contributed by atoms with Gasteiger partial charge < -0.3 is 9.80 Å². The van der Waals surface area contributed by atoms with Crippen LogP contribution in [0.1, 0.15) is 37.4 Å². The molecule has 1 aliphatic heterocycles. The Morgan fingerprint density at radius 2 is 1.45 bits per heavy atom. The van der Waals surface area contributed by atoms with E-state index in [0.717, 1.165) is 11.1 Å². The molecule has 7 heteroatoms. The fourth-order valence-electron chi connectivity index (χ4n) is 4.11. The zero-order chi connectivity index (χ0) is 23.5. The first-order chi connectivity index (χ1) is 15.9. The van der Waals surface area contributed by atoms with Crippen molar-refractivity contribution in [1.82, 2.24) is 4.90 Å². The Balaban J connectivity index is 1.53. The SMILES string of the molecule is Cc1ccc(C(=O)c2ccccc2C(=O)N2CCN(c3ccccc3[N+](=O)[O-])CC2)cc1C. The van der Waals surface area contributed by atoms with Crippen LogP contribution in [0.3, 0.4) is 0 Å². The highest BCUT2D eigenvalue weighted by Gasteiger charge is 2.28. The summed E-state index contributed by atoms with van der Waals surface area (Å²) in [7, 11) is 0. The van der Waals surface area contributed by atoms with Crippen LogP contribution in [0, 0.1) is 24.0 Å². The van der Waals surface area contributed by atoms with Gasteiger partial charge in [0.15, 0.2) is 5.78 Å². The minimum atomic E-state index is -0.387. The molecular formula is C26H25N3O4. The van der Waals surface area contributed by atoms with Crippen molar-refractivity contribution in [1.29, 1.82) is 0 Å². The highest BCUT2D eigenvalue weighted by atomic mass is 16.6. The fraction of sp³-hybridized carbons (Fsp3) is 0.231. The van der Waals surface area contributed by atoms with Gasteiger partial charge in [-0.25, -0.2) is 0 Å². The lowest BCUT2D eigenvalue weighted by Crippen LogP contribution is -2.49. The van der Waals surface area contributed by atoms with E-state index in [-0.39, 0.29) is 22.3 Å². The minimum Gasteiger partial charge on any atom is -0.362 e. The van der Waals surface area contributed by atoms with E-state index in [1.54, 1.807) is 53.4 Å². The lowest BCUT2D eigenvalue weighted by molar-refractivity contribution is -0.384. The average Bonchev–Trinajstić information content (AvgIpc) is 2.85. The van der Waals surface area contributed by atoms with Gasteiger partial charge in [-0.3, -0.25) is 19.7 Å². The van der Waals surface area contributed by atoms with Gasteiger partial charge in [0.25, 0.3) is 11.6 Å². The summed E-state index contributed by atoms with van der Waals surface area (Å²) >= 11 is 0. The quantitative estimate of drug-likeness (QED) is 0.331. The predicted molar refractivity (Wildman–Crippen MR) is 127 cm³/mol. The molecule has 0 saturated carbocycles. The van der Waals surface area contributed by atoms with Crippen molar-refractivity contribution in [2.45, 2.75) is 13.8 Å². The maximum Gasteiger partial charge on any atom is 0.292 e. The number of carbonyl (C=O) groups is 2. The van der Waals surface area contributed by atoms with E-state index in [4.69, 9.17) is 0 Å². The Kier molecular flexibility index (Phi) is 6.22. The fourth-order valence-corrected chi connectivity index (χ4v) is 4.11. The van der Waals surface area contributed by atoms with Crippen molar-refractivity contribution in [3.8, 4) is 0 Å². The average molecular weight is 444 g/mol. The minimum absolute atomic E-state index is 0.0570. The summed E-state index contributed by atoms with van der Waals surface area (Å²) in [6, 6.07) is 19.1. The standard InChI is InChI=1S/C26H25N3O4/c1-18-11-12-20(17-19(18)2)25(30)21-7-3-4-8-22(21)26(31)28-15-13-27(14-16-28)23-9-5-6-10-24(23)29(32)33/h3-12,17H,13-16H2,1-2H3. The Labute approximate surface area is 192 Å². The Bertz CT molecular complexity index is 1230. The summed E-state index contributed by atoms with van der Waals surface area (Å²) in [5, 5.41) is 11.4. The van der Waals surface area contributed by atoms with Crippen molar-refractivity contribution in [3.05, 3.63) is 105 Å². The Morgan fingerprint density at radius 3 is 2.12 bits per heavy atom. The topological polar surface area (TPSA) is 83.8 Å². The lowest BCUT2D eigenvalue weighted by atomic mass is 9.95. The first-order valence-electron chi connectivity index (χ1n) is 10.9. The molecule has 168 valence electrons. The van der Waals surface area contributed by atoms with Crippen LogP contribution in [-0.2, 0) is 0 Å². The number of nitrogens with zero attached hydrogens (tertiary/aromatic N) is 3. The number of anilines is 1. The predicted octanol–water partition coefficient (Wildman–Crippen LogP) is 4.41. The van der Waals surface area contributed by atoms with Gasteiger partial charge in [0, 0.05) is 43.4 Å². The number of nitro groups is 1. The summed E-state index contributed by atoms with van der Waals surface area (Å²) in [4.78, 5) is 41.2. The van der Waals surface area contributed by atoms with Crippen LogP contribution in [0.25, 0.3) is 0 Å². The van der Waals surface area contributed by atoms with Gasteiger partial charge in [0.05, 0.1) is 10.5 Å². The maximum atomic E-state index is 13.3. The van der Waals surface area contributed by atoms with Gasteiger partial charge in [0.1, 0.15) is 5.69 Å². The number of ketones is 1. The van der Waals surface area contributed by atoms with Crippen molar-refractivity contribution in [3.63, 3.8) is 0 Å². The molecule has 3 aromatic rings. The molecule has 1 fully saturated rings. The molecule has 33 heavy (non-hydrogen) atoms. The first kappa shape index (κ1) is 22.2. The van der Waals surface area contributed by atoms with Gasteiger partial charge in [-0.1, -0.05) is 42.5 Å². The molecule has 1 amide bonds. The molecule has 0 unspecified atom stereocenters. The number of hydrogen-bond acceptors (Lipinski definition) is 5. The number of benzene rings is 3. The number of piperazine rings is 1. The molecule has 0 aromatic heterocycles. The number of nitro benzene ring substituents is 1. The van der Waals surface area contributed by atoms with E-state index in [2.05, 4.69) is 0 Å². The summed E-state index contributed by atoms with van der Waals surface area (Å²) in [6.45, 7) is 5.73. The van der Waals surface area contributed by atoms with E-state index in [9.17, 15) is 19.7 Å². The van der Waals surface area contributed by atoms with Crippen molar-refractivity contribution in [2.75, 3.05) is 31.1 Å². The largest absolute Gasteiger partial charge is 0.362 e. The van der Waals surface area contributed by atoms with Gasteiger partial charge in [-0.05, 0) is 43.2 Å². The molecule has 0 N–H and O–H groups in total. The van der Waals surface area contributed by atoms with Crippen LogP contribution >= 0.6 is 0 Å². The molecule has 0 spiro atoms. The molecule has 7 nitrogen and oxygen atoms in total. The van der Waals surface area contributed by atoms with Crippen LogP contribution in [0.4, 0.5) is 11.4 Å². The lowest BCUT2D eigenvalue weighted by Gasteiger charge is -2.36. The first-order valence-corrected chi connectivity index (χ1v) is 10.9. The normalized spacial score (nSPS) is 13.6. The zero-order valence-electron chi connectivity index (χ0n) is 18.7. The second-order valence-electron chi connectivity index (χ2n) is 8.20. The van der Waals surface area contributed by atoms with Gasteiger partial charge in [-0.15, -0.1) is 0 Å². The zero-order valence-corrected chi connectivity index (χ0v) is 18.7. The van der Waals surface area contributed by atoms with Gasteiger partial charge in [0.2, 0.25) is 0 Å². The van der Waals surface area contributed by atoms with E-state index < -0.39 is 0 Å². The molecule has 0 bridgehead atoms. The van der Waals surface area contributed by atoms with Crippen molar-refractivity contribution in [2.24, 2.45) is 0 Å². The van der Waals surface area contributed by atoms with Crippen molar-refractivity contribution >= 4 is 23.1 Å². The molecule has 3 aromatic carbocycles. The van der Waals surface area contributed by atoms with E-state index in [1.165, 1.54) is 6.07 Å². The second-order valence-corrected chi connectivity index (χ2v) is 8.20. The summed E-state index contributed by atoms with van der Waals surface area (Å²) in [6.07, 6.45) is 0. The molecule has 1 heterocycles. The van der Waals surface area contributed by atoms with Crippen molar-refractivity contribution < 1.29 is 14.5 Å². The second kappa shape index (κ2) is 9.24. The smallest absolute Gasteiger partial charge is 0.292 e. The number of amides is 1. The highest BCUT2D eigenvalue weighted by Crippen LogP contribution is 2.29. The molecule has 0 radical (unpaired) electrons. The van der Waals surface area contributed by atoms with Crippen LogP contribution in [0.15, 0.2) is 66.7 Å².